The second-order valence-corrected chi connectivity index (χ2v) is 3.57. The normalized spacial score (nSPS) is 38.1. The molecule has 1 aliphatic heterocycles. The van der Waals surface area contributed by atoms with Crippen LogP contribution in [-0.2, 0) is 9.47 Å². The molecule has 2 heteroatoms. The highest BCUT2D eigenvalue weighted by Gasteiger charge is 2.36. The molecule has 0 spiro atoms. The van der Waals surface area contributed by atoms with E-state index in [0.29, 0.717) is 12.5 Å². The Kier molecular flexibility index (Phi) is 2.91. The summed E-state index contributed by atoms with van der Waals surface area (Å²) >= 11 is 0. The first-order valence-electron chi connectivity index (χ1n) is 4.56. The van der Waals surface area contributed by atoms with Crippen LogP contribution in [0, 0.1) is 5.92 Å². The van der Waals surface area contributed by atoms with Crippen LogP contribution in [0.25, 0.3) is 0 Å². The standard InChI is InChI=1S/C10H18O2/c1-5-8(3)9-7-11-10(4,6-2)12-9/h6,8-9H,2,5,7H2,1,3-4H3. The van der Waals surface area contributed by atoms with Gasteiger partial charge in [0.25, 0.3) is 0 Å². The average Bonchev–Trinajstić information content (AvgIpc) is 2.48. The van der Waals surface area contributed by atoms with Crippen LogP contribution in [0.2, 0.25) is 0 Å². The van der Waals surface area contributed by atoms with Crippen molar-refractivity contribution in [1.29, 1.82) is 0 Å². The van der Waals surface area contributed by atoms with Crippen LogP contribution in [0.15, 0.2) is 12.7 Å². The zero-order valence-electron chi connectivity index (χ0n) is 8.17. The van der Waals surface area contributed by atoms with E-state index in [1.807, 2.05) is 6.92 Å². The van der Waals surface area contributed by atoms with Gasteiger partial charge in [0, 0.05) is 0 Å². The number of hydrogen-bond acceptors (Lipinski definition) is 2. The van der Waals surface area contributed by atoms with Crippen molar-refractivity contribution >= 4 is 0 Å². The van der Waals surface area contributed by atoms with E-state index in [1.54, 1.807) is 6.08 Å². The minimum Gasteiger partial charge on any atom is -0.344 e. The Hall–Kier alpha value is -0.340. The van der Waals surface area contributed by atoms with Crippen molar-refractivity contribution in [2.24, 2.45) is 5.92 Å². The van der Waals surface area contributed by atoms with Gasteiger partial charge in [-0.05, 0) is 18.9 Å². The van der Waals surface area contributed by atoms with Gasteiger partial charge >= 0.3 is 0 Å². The molecule has 0 saturated carbocycles. The van der Waals surface area contributed by atoms with Gasteiger partial charge in [0.15, 0.2) is 5.79 Å². The van der Waals surface area contributed by atoms with Gasteiger partial charge in [0.1, 0.15) is 0 Å². The van der Waals surface area contributed by atoms with Crippen LogP contribution >= 0.6 is 0 Å². The van der Waals surface area contributed by atoms with Gasteiger partial charge in [-0.15, -0.1) is 0 Å². The average molecular weight is 170 g/mol. The van der Waals surface area contributed by atoms with Crippen molar-refractivity contribution in [3.8, 4) is 0 Å². The lowest BCUT2D eigenvalue weighted by Crippen LogP contribution is -2.25. The maximum Gasteiger partial charge on any atom is 0.185 e. The SMILES string of the molecule is C=CC1(C)OCC(C(C)CC)O1. The highest BCUT2D eigenvalue weighted by Crippen LogP contribution is 2.28. The van der Waals surface area contributed by atoms with E-state index < -0.39 is 5.79 Å². The number of hydrogen-bond donors (Lipinski definition) is 0. The van der Waals surface area contributed by atoms with Gasteiger partial charge in [-0.1, -0.05) is 26.8 Å². The van der Waals surface area contributed by atoms with Crippen molar-refractivity contribution in [2.45, 2.75) is 39.1 Å². The second kappa shape index (κ2) is 3.58. The van der Waals surface area contributed by atoms with Crippen molar-refractivity contribution in [2.75, 3.05) is 6.61 Å². The fourth-order valence-electron chi connectivity index (χ4n) is 1.27. The summed E-state index contributed by atoms with van der Waals surface area (Å²) in [7, 11) is 0. The molecular weight excluding hydrogens is 152 g/mol. The molecule has 0 aromatic heterocycles. The number of rotatable bonds is 3. The van der Waals surface area contributed by atoms with Crippen LogP contribution in [0.4, 0.5) is 0 Å². The Labute approximate surface area is 74.6 Å². The van der Waals surface area contributed by atoms with E-state index in [0.717, 1.165) is 6.42 Å². The maximum absolute atomic E-state index is 5.71. The molecule has 1 aliphatic rings. The van der Waals surface area contributed by atoms with E-state index in [1.165, 1.54) is 0 Å². The first-order chi connectivity index (χ1) is 5.61. The molecule has 3 atom stereocenters. The van der Waals surface area contributed by atoms with E-state index in [-0.39, 0.29) is 6.10 Å². The highest BCUT2D eigenvalue weighted by atomic mass is 16.7. The van der Waals surface area contributed by atoms with Gasteiger partial charge < -0.3 is 9.47 Å². The van der Waals surface area contributed by atoms with E-state index in [4.69, 9.17) is 9.47 Å². The molecule has 2 nitrogen and oxygen atoms in total. The molecule has 1 rings (SSSR count). The predicted molar refractivity (Wildman–Crippen MR) is 48.9 cm³/mol. The predicted octanol–water partition coefficient (Wildman–Crippen LogP) is 2.35. The number of ether oxygens (including phenoxy) is 2. The molecule has 0 radical (unpaired) electrons. The van der Waals surface area contributed by atoms with Crippen LogP contribution in [0.5, 0.6) is 0 Å². The summed E-state index contributed by atoms with van der Waals surface area (Å²) in [5.74, 6) is 0.0143. The molecule has 0 bridgehead atoms. The second-order valence-electron chi connectivity index (χ2n) is 3.57. The van der Waals surface area contributed by atoms with Crippen molar-refractivity contribution in [1.82, 2.24) is 0 Å². The van der Waals surface area contributed by atoms with Gasteiger partial charge in [0.2, 0.25) is 0 Å². The minimum atomic E-state index is -0.548. The summed E-state index contributed by atoms with van der Waals surface area (Å²) in [6.45, 7) is 10.6. The largest absolute Gasteiger partial charge is 0.344 e. The van der Waals surface area contributed by atoms with E-state index in [9.17, 15) is 0 Å². The highest BCUT2D eigenvalue weighted by molar-refractivity contribution is 4.91. The molecule has 3 unspecified atom stereocenters. The smallest absolute Gasteiger partial charge is 0.185 e. The van der Waals surface area contributed by atoms with Gasteiger partial charge in [0.05, 0.1) is 12.7 Å². The molecule has 0 aliphatic carbocycles. The zero-order valence-corrected chi connectivity index (χ0v) is 8.17. The lowest BCUT2D eigenvalue weighted by atomic mass is 10.0. The quantitative estimate of drug-likeness (QED) is 0.605. The Bertz CT molecular complexity index is 167. The molecular formula is C10H18O2. The molecule has 0 aromatic rings. The molecule has 1 heterocycles. The Morgan fingerprint density at radius 1 is 1.75 bits per heavy atom. The van der Waals surface area contributed by atoms with Gasteiger partial charge in [-0.3, -0.25) is 0 Å². The van der Waals surface area contributed by atoms with E-state index in [2.05, 4.69) is 20.4 Å². The summed E-state index contributed by atoms with van der Waals surface area (Å²) in [5.41, 5.74) is 0. The fraction of sp³-hybridized carbons (Fsp3) is 0.800. The summed E-state index contributed by atoms with van der Waals surface area (Å²) in [6.07, 6.45) is 3.08. The fourth-order valence-corrected chi connectivity index (χ4v) is 1.27. The molecule has 12 heavy (non-hydrogen) atoms. The van der Waals surface area contributed by atoms with Gasteiger partial charge in [-0.25, -0.2) is 0 Å². The lowest BCUT2D eigenvalue weighted by molar-refractivity contribution is -0.119. The molecule has 1 saturated heterocycles. The first kappa shape index (κ1) is 9.75. The van der Waals surface area contributed by atoms with Crippen LogP contribution in [0.1, 0.15) is 27.2 Å². The molecule has 1 fully saturated rings. The molecule has 70 valence electrons. The lowest BCUT2D eigenvalue weighted by Gasteiger charge is -2.20. The Morgan fingerprint density at radius 3 is 2.83 bits per heavy atom. The third-order valence-electron chi connectivity index (χ3n) is 2.57. The van der Waals surface area contributed by atoms with E-state index >= 15 is 0 Å². The van der Waals surface area contributed by atoms with Crippen molar-refractivity contribution in [3.05, 3.63) is 12.7 Å². The monoisotopic (exact) mass is 170 g/mol. The Balaban J connectivity index is 2.50. The zero-order chi connectivity index (χ0) is 9.19. The van der Waals surface area contributed by atoms with Gasteiger partial charge in [-0.2, -0.15) is 0 Å². The topological polar surface area (TPSA) is 18.5 Å². The summed E-state index contributed by atoms with van der Waals surface area (Å²) < 4.78 is 11.2. The molecule has 0 N–H and O–H groups in total. The molecule has 0 amide bonds. The summed E-state index contributed by atoms with van der Waals surface area (Å²) in [4.78, 5) is 0. The van der Waals surface area contributed by atoms with Crippen molar-refractivity contribution < 1.29 is 9.47 Å². The van der Waals surface area contributed by atoms with Crippen molar-refractivity contribution in [3.63, 3.8) is 0 Å². The van der Waals surface area contributed by atoms with Crippen LogP contribution < -0.4 is 0 Å². The maximum atomic E-state index is 5.71. The summed E-state index contributed by atoms with van der Waals surface area (Å²) in [6, 6.07) is 0. The molecule has 0 aromatic carbocycles. The van der Waals surface area contributed by atoms with Crippen LogP contribution in [-0.4, -0.2) is 18.5 Å². The Morgan fingerprint density at radius 2 is 2.42 bits per heavy atom. The third kappa shape index (κ3) is 1.87. The minimum absolute atomic E-state index is 0.234. The first-order valence-corrected chi connectivity index (χ1v) is 4.56. The third-order valence-corrected chi connectivity index (χ3v) is 2.57. The summed E-state index contributed by atoms with van der Waals surface area (Å²) in [5, 5.41) is 0. The van der Waals surface area contributed by atoms with Crippen LogP contribution in [0.3, 0.4) is 0 Å².